The summed E-state index contributed by atoms with van der Waals surface area (Å²) in [6.45, 7) is -6.50. The molecule has 0 aromatic heterocycles. The molecule has 0 fully saturated rings. The summed E-state index contributed by atoms with van der Waals surface area (Å²) in [6.07, 6.45) is 0. The molecule has 0 atom stereocenters. The van der Waals surface area contributed by atoms with E-state index >= 15 is 0 Å². The number of nitro groups is 1. The van der Waals surface area contributed by atoms with Crippen molar-refractivity contribution in [2.45, 2.75) is 0 Å². The lowest BCUT2D eigenvalue weighted by molar-refractivity contribution is -0.385. The molecule has 0 spiro atoms. The molecule has 0 radical (unpaired) electrons. The Morgan fingerprint density at radius 2 is 2.00 bits per heavy atom. The molecule has 0 aliphatic heterocycles. The van der Waals surface area contributed by atoms with Gasteiger partial charge in [0.25, 0.3) is 5.69 Å². The zero-order valence-corrected chi connectivity index (χ0v) is 9.29. The van der Waals surface area contributed by atoms with Crippen LogP contribution in [-0.2, 0) is 0 Å². The molecular formula is C7H5BBrF3NO3-. The van der Waals surface area contributed by atoms with Crippen LogP contribution in [0.4, 0.5) is 18.6 Å². The van der Waals surface area contributed by atoms with Gasteiger partial charge < -0.3 is 17.7 Å². The molecule has 1 rings (SSSR count). The zero-order chi connectivity index (χ0) is 12.3. The van der Waals surface area contributed by atoms with Gasteiger partial charge in [0.05, 0.1) is 17.5 Å². The number of benzene rings is 1. The number of ether oxygens (including phenoxy) is 1. The number of non-ortho nitro benzene ring substituents is 1. The van der Waals surface area contributed by atoms with Gasteiger partial charge in [-0.1, -0.05) is 15.9 Å². The van der Waals surface area contributed by atoms with E-state index in [0.717, 1.165) is 6.07 Å². The van der Waals surface area contributed by atoms with Crippen molar-refractivity contribution >= 4 is 28.6 Å². The summed E-state index contributed by atoms with van der Waals surface area (Å²) in [4.78, 5) is 9.71. The highest BCUT2D eigenvalue weighted by Crippen LogP contribution is 2.26. The van der Waals surface area contributed by atoms with Gasteiger partial charge in [-0.25, -0.2) is 0 Å². The van der Waals surface area contributed by atoms with E-state index in [1.165, 1.54) is 12.1 Å². The van der Waals surface area contributed by atoms with Crippen LogP contribution in [0.5, 0.6) is 5.75 Å². The molecule has 0 amide bonds. The first-order valence-electron chi connectivity index (χ1n) is 4.07. The molecule has 88 valence electrons. The lowest BCUT2D eigenvalue weighted by Gasteiger charge is -2.14. The maximum Gasteiger partial charge on any atom is 0.515 e. The molecule has 0 N–H and O–H groups in total. The van der Waals surface area contributed by atoms with E-state index in [9.17, 15) is 23.1 Å². The number of halogens is 4. The minimum Gasteiger partial charge on any atom is -0.521 e. The molecule has 1 aromatic carbocycles. The number of rotatable bonds is 4. The van der Waals surface area contributed by atoms with E-state index in [2.05, 4.69) is 20.7 Å². The topological polar surface area (TPSA) is 52.4 Å². The first-order chi connectivity index (χ1) is 7.28. The summed E-state index contributed by atoms with van der Waals surface area (Å²) < 4.78 is 40.4. The van der Waals surface area contributed by atoms with Gasteiger partial charge in [0.2, 0.25) is 0 Å². The lowest BCUT2D eigenvalue weighted by atomic mass is 9.95. The Morgan fingerprint density at radius 3 is 2.50 bits per heavy atom. The van der Waals surface area contributed by atoms with Crippen LogP contribution in [0.1, 0.15) is 0 Å². The molecule has 0 bridgehead atoms. The molecule has 0 saturated carbocycles. The maximum atomic E-state index is 11.9. The highest BCUT2D eigenvalue weighted by molar-refractivity contribution is 9.10. The van der Waals surface area contributed by atoms with Crippen molar-refractivity contribution < 1.29 is 22.6 Å². The minimum atomic E-state index is -5.08. The fourth-order valence-corrected chi connectivity index (χ4v) is 1.39. The van der Waals surface area contributed by atoms with Gasteiger partial charge in [-0.2, -0.15) is 0 Å². The van der Waals surface area contributed by atoms with E-state index in [1.807, 2.05) is 0 Å². The molecule has 1 aromatic rings. The zero-order valence-electron chi connectivity index (χ0n) is 7.70. The second kappa shape index (κ2) is 4.73. The first-order valence-corrected chi connectivity index (χ1v) is 4.86. The van der Waals surface area contributed by atoms with Gasteiger partial charge in [0.15, 0.2) is 0 Å². The van der Waals surface area contributed by atoms with Gasteiger partial charge in [-0.3, -0.25) is 10.1 Å². The smallest absolute Gasteiger partial charge is 0.515 e. The molecule has 0 aliphatic rings. The van der Waals surface area contributed by atoms with Gasteiger partial charge in [-0.05, 0) is 6.07 Å². The van der Waals surface area contributed by atoms with Crippen molar-refractivity contribution in [1.82, 2.24) is 0 Å². The highest BCUT2D eigenvalue weighted by Gasteiger charge is 2.24. The Morgan fingerprint density at radius 1 is 1.38 bits per heavy atom. The molecule has 4 nitrogen and oxygen atoms in total. The van der Waals surface area contributed by atoms with Crippen LogP contribution in [0.2, 0.25) is 0 Å². The molecule has 0 unspecified atom stereocenters. The normalized spacial score (nSPS) is 11.2. The van der Waals surface area contributed by atoms with Crippen molar-refractivity contribution in [3.05, 3.63) is 32.8 Å². The van der Waals surface area contributed by atoms with E-state index < -0.39 is 18.4 Å². The van der Waals surface area contributed by atoms with Crippen molar-refractivity contribution in [2.24, 2.45) is 0 Å². The fraction of sp³-hybridized carbons (Fsp3) is 0.143. The van der Waals surface area contributed by atoms with Gasteiger partial charge in [0, 0.05) is 10.5 Å². The predicted octanol–water partition coefficient (Wildman–Crippen LogP) is 3.12. The largest absolute Gasteiger partial charge is 0.521 e. The molecule has 16 heavy (non-hydrogen) atoms. The van der Waals surface area contributed by atoms with E-state index in [0.29, 0.717) is 0 Å². The minimum absolute atomic E-state index is 0.194. The molecular weight excluding hydrogens is 294 g/mol. The molecule has 9 heteroatoms. The first kappa shape index (κ1) is 12.8. The van der Waals surface area contributed by atoms with Crippen LogP contribution in [-0.4, -0.2) is 18.4 Å². The summed E-state index contributed by atoms with van der Waals surface area (Å²) >= 11 is 2.94. The van der Waals surface area contributed by atoms with Gasteiger partial charge in [-0.15, -0.1) is 0 Å². The van der Waals surface area contributed by atoms with Crippen LogP contribution in [0.3, 0.4) is 0 Å². The van der Waals surface area contributed by atoms with Crippen LogP contribution in [0, 0.1) is 10.1 Å². The fourth-order valence-electron chi connectivity index (χ4n) is 0.927. The van der Waals surface area contributed by atoms with Gasteiger partial charge in [0.1, 0.15) is 5.75 Å². The lowest BCUT2D eigenvalue weighted by Crippen LogP contribution is -2.26. The molecule has 0 aliphatic carbocycles. The van der Waals surface area contributed by atoms with Crippen LogP contribution >= 0.6 is 15.9 Å². The number of nitrogens with zero attached hydrogens (tertiary/aromatic N) is 1. The number of nitro benzene ring substituents is 1. The quantitative estimate of drug-likeness (QED) is 0.487. The van der Waals surface area contributed by atoms with Crippen LogP contribution in [0.15, 0.2) is 22.7 Å². The van der Waals surface area contributed by atoms with E-state index in [-0.39, 0.29) is 15.9 Å². The average Bonchev–Trinajstić information content (AvgIpc) is 2.13. The molecule has 0 heterocycles. The van der Waals surface area contributed by atoms with Crippen molar-refractivity contribution in [2.75, 3.05) is 6.51 Å². The Labute approximate surface area is 96.7 Å². The standard InChI is InChI=1S/C7H5BBrF3NO3/c9-5-1-6(13(14)15)3-7(2-5)16-4-8(10,11)12/h1-3H,4H2/q-1. The monoisotopic (exact) mass is 298 g/mol. The third-order valence-electron chi connectivity index (χ3n) is 1.51. The van der Waals surface area contributed by atoms with Crippen LogP contribution in [0.25, 0.3) is 0 Å². The number of hydrogen-bond donors (Lipinski definition) is 0. The highest BCUT2D eigenvalue weighted by atomic mass is 79.9. The van der Waals surface area contributed by atoms with Crippen molar-refractivity contribution in [1.29, 1.82) is 0 Å². The maximum absolute atomic E-state index is 11.9. The second-order valence-electron chi connectivity index (χ2n) is 2.92. The van der Waals surface area contributed by atoms with E-state index in [1.54, 1.807) is 0 Å². The Balaban J connectivity index is 2.85. The average molecular weight is 299 g/mol. The predicted molar refractivity (Wildman–Crippen MR) is 55.4 cm³/mol. The Kier molecular flexibility index (Phi) is 3.79. The van der Waals surface area contributed by atoms with Crippen molar-refractivity contribution in [3.63, 3.8) is 0 Å². The number of hydrogen-bond acceptors (Lipinski definition) is 3. The second-order valence-corrected chi connectivity index (χ2v) is 3.84. The molecule has 0 saturated heterocycles. The van der Waals surface area contributed by atoms with E-state index in [4.69, 9.17) is 0 Å². The third kappa shape index (κ3) is 4.09. The van der Waals surface area contributed by atoms with Crippen molar-refractivity contribution in [3.8, 4) is 5.75 Å². The summed E-state index contributed by atoms with van der Waals surface area (Å²) in [5.41, 5.74) is -0.334. The van der Waals surface area contributed by atoms with Gasteiger partial charge >= 0.3 is 6.98 Å². The SMILES string of the molecule is O=[N+]([O-])c1cc(Br)cc(OC[B-](F)(F)F)c1. The summed E-state index contributed by atoms with van der Waals surface area (Å²) in [7, 11) is 0. The Hall–Kier alpha value is -1.25. The summed E-state index contributed by atoms with van der Waals surface area (Å²) in [5, 5.41) is 10.4. The third-order valence-corrected chi connectivity index (χ3v) is 1.96. The van der Waals surface area contributed by atoms with Crippen LogP contribution < -0.4 is 4.74 Å². The Bertz CT molecular complexity index is 412. The summed E-state index contributed by atoms with van der Waals surface area (Å²) in [6, 6.07) is 3.34. The summed E-state index contributed by atoms with van der Waals surface area (Å²) in [5.74, 6) is -0.194.